The summed E-state index contributed by atoms with van der Waals surface area (Å²) in [5, 5.41) is 0. The van der Waals surface area contributed by atoms with E-state index in [0.29, 0.717) is 28.2 Å². The van der Waals surface area contributed by atoms with Crippen molar-refractivity contribution in [2.45, 2.75) is 0 Å². The van der Waals surface area contributed by atoms with E-state index in [1.807, 2.05) is 42.5 Å². The number of imidazole rings is 1. The minimum atomic E-state index is -0.311. The van der Waals surface area contributed by atoms with Crippen molar-refractivity contribution in [3.05, 3.63) is 83.9 Å². The zero-order valence-corrected chi connectivity index (χ0v) is 13.6. The Morgan fingerprint density at radius 3 is 1.96 bits per heavy atom. The molecule has 0 saturated carbocycles. The van der Waals surface area contributed by atoms with Crippen molar-refractivity contribution < 1.29 is 9.59 Å². The Bertz CT molecular complexity index is 1120. The number of carbonyl (C=O) groups excluding carboxylic acids is 2. The first-order valence-electron chi connectivity index (χ1n) is 8.26. The molecule has 2 amide bonds. The summed E-state index contributed by atoms with van der Waals surface area (Å²) in [5.41, 5.74) is 3.82. The third kappa shape index (κ3) is 2.01. The van der Waals surface area contributed by atoms with Crippen LogP contribution in [-0.4, -0.2) is 21.8 Å². The van der Waals surface area contributed by atoms with E-state index >= 15 is 0 Å². The van der Waals surface area contributed by atoms with Crippen LogP contribution in [0.5, 0.6) is 0 Å². The highest BCUT2D eigenvalue weighted by molar-refractivity contribution is 6.35. The number of rotatable bonds is 2. The number of para-hydroxylation sites is 3. The molecule has 0 spiro atoms. The number of hydrogen-bond acceptors (Lipinski definition) is 3. The zero-order chi connectivity index (χ0) is 17.7. The van der Waals surface area contributed by atoms with E-state index in [-0.39, 0.29) is 11.8 Å². The van der Waals surface area contributed by atoms with Crippen LogP contribution in [0.2, 0.25) is 0 Å². The fraction of sp³-hybridized carbons (Fsp3) is 0. The van der Waals surface area contributed by atoms with Crippen LogP contribution in [0, 0.1) is 0 Å². The Kier molecular flexibility index (Phi) is 3.03. The summed E-state index contributed by atoms with van der Waals surface area (Å²) in [4.78, 5) is 34.8. The molecule has 3 aromatic carbocycles. The van der Waals surface area contributed by atoms with Crippen LogP contribution < -0.4 is 4.90 Å². The molecule has 1 aliphatic rings. The van der Waals surface area contributed by atoms with Crippen LogP contribution in [0.4, 0.5) is 5.69 Å². The van der Waals surface area contributed by atoms with Gasteiger partial charge in [0.05, 0.1) is 27.8 Å². The molecule has 0 atom stereocenters. The molecule has 0 radical (unpaired) electrons. The summed E-state index contributed by atoms with van der Waals surface area (Å²) in [6.07, 6.45) is 0. The average Bonchev–Trinajstić information content (AvgIpc) is 3.22. The molecule has 5 heteroatoms. The molecule has 1 aromatic heterocycles. The van der Waals surface area contributed by atoms with Crippen LogP contribution in [0.3, 0.4) is 0 Å². The van der Waals surface area contributed by atoms with Gasteiger partial charge < -0.3 is 4.98 Å². The second-order valence-electron chi connectivity index (χ2n) is 6.11. The third-order valence-electron chi connectivity index (χ3n) is 4.58. The smallest absolute Gasteiger partial charge is 0.266 e. The SMILES string of the molecule is O=C1c2ccccc2C(=O)N1c1ccccc1-c1nc2ccccc2[nH]1. The van der Waals surface area contributed by atoms with Gasteiger partial charge in [-0.05, 0) is 36.4 Å². The van der Waals surface area contributed by atoms with Crippen molar-refractivity contribution in [3.8, 4) is 11.4 Å². The van der Waals surface area contributed by atoms with Gasteiger partial charge in [-0.1, -0.05) is 36.4 Å². The van der Waals surface area contributed by atoms with Crippen molar-refractivity contribution in [1.82, 2.24) is 9.97 Å². The predicted octanol–water partition coefficient (Wildman–Crippen LogP) is 4.03. The van der Waals surface area contributed by atoms with E-state index in [9.17, 15) is 9.59 Å². The molecule has 0 fully saturated rings. The fourth-order valence-corrected chi connectivity index (χ4v) is 3.36. The molecule has 1 N–H and O–H groups in total. The molecule has 2 heterocycles. The number of fused-ring (bicyclic) bond motifs is 2. The number of nitrogens with zero attached hydrogens (tertiary/aromatic N) is 2. The Balaban J connectivity index is 1.68. The number of amides is 2. The number of anilines is 1. The van der Waals surface area contributed by atoms with E-state index in [0.717, 1.165) is 11.0 Å². The number of imide groups is 1. The number of aromatic nitrogens is 2. The monoisotopic (exact) mass is 339 g/mol. The maximum Gasteiger partial charge on any atom is 0.266 e. The van der Waals surface area contributed by atoms with E-state index < -0.39 is 0 Å². The summed E-state index contributed by atoms with van der Waals surface area (Å²) < 4.78 is 0. The number of nitrogens with one attached hydrogen (secondary N) is 1. The highest BCUT2D eigenvalue weighted by atomic mass is 16.2. The minimum absolute atomic E-state index is 0.311. The van der Waals surface area contributed by atoms with Crippen molar-refractivity contribution in [2.24, 2.45) is 0 Å². The molecule has 0 bridgehead atoms. The topological polar surface area (TPSA) is 66.1 Å². The van der Waals surface area contributed by atoms with Crippen LogP contribution in [0.1, 0.15) is 20.7 Å². The summed E-state index contributed by atoms with van der Waals surface area (Å²) >= 11 is 0. The quantitative estimate of drug-likeness (QED) is 0.561. The minimum Gasteiger partial charge on any atom is -0.338 e. The van der Waals surface area contributed by atoms with Crippen LogP contribution >= 0.6 is 0 Å². The average molecular weight is 339 g/mol. The van der Waals surface area contributed by atoms with Gasteiger partial charge in [0, 0.05) is 5.56 Å². The zero-order valence-electron chi connectivity index (χ0n) is 13.6. The highest BCUT2D eigenvalue weighted by Crippen LogP contribution is 2.35. The van der Waals surface area contributed by atoms with E-state index in [1.165, 1.54) is 4.90 Å². The van der Waals surface area contributed by atoms with E-state index in [1.54, 1.807) is 30.3 Å². The third-order valence-corrected chi connectivity index (χ3v) is 4.58. The van der Waals surface area contributed by atoms with Crippen LogP contribution in [0.15, 0.2) is 72.8 Å². The number of carbonyl (C=O) groups is 2. The molecule has 1 aliphatic heterocycles. The number of H-pyrrole nitrogens is 1. The van der Waals surface area contributed by atoms with Gasteiger partial charge in [-0.3, -0.25) is 9.59 Å². The van der Waals surface area contributed by atoms with Gasteiger partial charge in [-0.25, -0.2) is 9.88 Å². The summed E-state index contributed by atoms with van der Waals surface area (Å²) in [6, 6.07) is 21.9. The van der Waals surface area contributed by atoms with Gasteiger partial charge >= 0.3 is 0 Å². The number of hydrogen-bond donors (Lipinski definition) is 1. The second kappa shape index (κ2) is 5.39. The van der Waals surface area contributed by atoms with E-state index in [4.69, 9.17) is 0 Å². The Morgan fingerprint density at radius 1 is 0.692 bits per heavy atom. The van der Waals surface area contributed by atoms with Gasteiger partial charge in [-0.2, -0.15) is 0 Å². The lowest BCUT2D eigenvalue weighted by atomic mass is 10.1. The van der Waals surface area contributed by atoms with Gasteiger partial charge in [0.25, 0.3) is 11.8 Å². The lowest BCUT2D eigenvalue weighted by Gasteiger charge is -2.17. The molecule has 26 heavy (non-hydrogen) atoms. The number of aromatic amines is 1. The molecular formula is C21H13N3O2. The first-order valence-corrected chi connectivity index (χ1v) is 8.26. The van der Waals surface area contributed by atoms with Crippen molar-refractivity contribution in [1.29, 1.82) is 0 Å². The molecule has 4 aromatic rings. The molecular weight excluding hydrogens is 326 g/mol. The summed E-state index contributed by atoms with van der Waals surface area (Å²) in [7, 11) is 0. The van der Waals surface area contributed by atoms with Crippen molar-refractivity contribution in [3.63, 3.8) is 0 Å². The Labute approximate surface area is 148 Å². The Morgan fingerprint density at radius 2 is 1.27 bits per heavy atom. The molecule has 5 nitrogen and oxygen atoms in total. The molecule has 5 rings (SSSR count). The van der Waals surface area contributed by atoms with Gasteiger partial charge in [-0.15, -0.1) is 0 Å². The van der Waals surface area contributed by atoms with Crippen LogP contribution in [0.25, 0.3) is 22.4 Å². The van der Waals surface area contributed by atoms with Crippen molar-refractivity contribution in [2.75, 3.05) is 4.90 Å². The molecule has 0 saturated heterocycles. The largest absolute Gasteiger partial charge is 0.338 e. The molecule has 0 aliphatic carbocycles. The first kappa shape index (κ1) is 14.6. The highest BCUT2D eigenvalue weighted by Gasteiger charge is 2.37. The maximum absolute atomic E-state index is 12.8. The van der Waals surface area contributed by atoms with E-state index in [2.05, 4.69) is 9.97 Å². The molecule has 124 valence electrons. The Hall–Kier alpha value is -3.73. The van der Waals surface area contributed by atoms with Gasteiger partial charge in [0.1, 0.15) is 5.82 Å². The predicted molar refractivity (Wildman–Crippen MR) is 99.1 cm³/mol. The fourth-order valence-electron chi connectivity index (χ4n) is 3.36. The van der Waals surface area contributed by atoms with Crippen LogP contribution in [-0.2, 0) is 0 Å². The first-order chi connectivity index (χ1) is 12.7. The molecule has 0 unspecified atom stereocenters. The van der Waals surface area contributed by atoms with Gasteiger partial charge in [0.15, 0.2) is 0 Å². The lowest BCUT2D eigenvalue weighted by molar-refractivity contribution is 0.0926. The summed E-state index contributed by atoms with van der Waals surface area (Å²) in [6.45, 7) is 0. The van der Waals surface area contributed by atoms with Crippen molar-refractivity contribution >= 4 is 28.5 Å². The maximum atomic E-state index is 12.8. The second-order valence-corrected chi connectivity index (χ2v) is 6.11. The number of benzene rings is 3. The lowest BCUT2D eigenvalue weighted by Crippen LogP contribution is -2.29. The van der Waals surface area contributed by atoms with Gasteiger partial charge in [0.2, 0.25) is 0 Å². The normalized spacial score (nSPS) is 13.5. The standard InChI is InChI=1S/C21H13N3O2/c25-20-13-7-1-2-8-14(13)21(26)24(20)18-12-6-3-9-15(18)19-22-16-10-4-5-11-17(16)23-19/h1-12H,(H,22,23). The summed E-state index contributed by atoms with van der Waals surface area (Å²) in [5.74, 6) is 0.00155.